The zero-order valence-corrected chi connectivity index (χ0v) is 10.4. The van der Waals surface area contributed by atoms with Gasteiger partial charge in [0.2, 0.25) is 0 Å². The minimum absolute atomic E-state index is 0.237. The maximum absolute atomic E-state index is 10.6. The van der Waals surface area contributed by atoms with E-state index in [4.69, 9.17) is 10.5 Å². The molecule has 3 N–H and O–H groups in total. The van der Waals surface area contributed by atoms with E-state index in [2.05, 4.69) is 13.0 Å². The molecule has 3 nitrogen and oxygen atoms in total. The van der Waals surface area contributed by atoms with E-state index in [-0.39, 0.29) is 6.54 Å². The first-order chi connectivity index (χ1) is 8.21. The number of rotatable bonds is 4. The number of hydrogen-bond donors (Lipinski definition) is 2. The summed E-state index contributed by atoms with van der Waals surface area (Å²) in [6, 6.07) is 5.99. The Morgan fingerprint density at radius 2 is 2.29 bits per heavy atom. The first kappa shape index (κ1) is 12.4. The van der Waals surface area contributed by atoms with E-state index in [9.17, 15) is 5.11 Å². The average molecular weight is 235 g/mol. The lowest BCUT2D eigenvalue weighted by molar-refractivity contribution is 0.0323. The molecule has 0 saturated heterocycles. The highest BCUT2D eigenvalue weighted by atomic mass is 16.5. The number of nitrogens with two attached hydrogens (primary N) is 1. The smallest absolute Gasteiger partial charge is 0.128 e. The number of para-hydroxylation sites is 1. The Hall–Kier alpha value is -1.06. The number of benzene rings is 1. The molecule has 1 unspecified atom stereocenters. The normalized spacial score (nSPS) is 18.1. The van der Waals surface area contributed by atoms with Crippen LogP contribution in [0.4, 0.5) is 0 Å². The van der Waals surface area contributed by atoms with Gasteiger partial charge in [0, 0.05) is 12.1 Å². The molecule has 0 amide bonds. The molecule has 0 fully saturated rings. The van der Waals surface area contributed by atoms with Crippen LogP contribution in [-0.2, 0) is 12.0 Å². The van der Waals surface area contributed by atoms with Crippen LogP contribution in [-0.4, -0.2) is 18.3 Å². The second-order valence-electron chi connectivity index (χ2n) is 4.73. The zero-order chi connectivity index (χ0) is 12.3. The van der Waals surface area contributed by atoms with E-state index < -0.39 is 5.60 Å². The lowest BCUT2D eigenvalue weighted by Gasteiger charge is -2.31. The van der Waals surface area contributed by atoms with Crippen molar-refractivity contribution in [2.24, 2.45) is 5.73 Å². The summed E-state index contributed by atoms with van der Waals surface area (Å²) >= 11 is 0. The van der Waals surface area contributed by atoms with Crippen molar-refractivity contribution in [1.29, 1.82) is 0 Å². The Balaban J connectivity index is 2.43. The molecule has 0 bridgehead atoms. The molecule has 2 rings (SSSR count). The molecular formula is C14H21NO2. The van der Waals surface area contributed by atoms with Gasteiger partial charge < -0.3 is 15.6 Å². The van der Waals surface area contributed by atoms with Crippen molar-refractivity contribution in [3.63, 3.8) is 0 Å². The van der Waals surface area contributed by atoms with Crippen molar-refractivity contribution < 1.29 is 9.84 Å². The van der Waals surface area contributed by atoms with Crippen molar-refractivity contribution in [3.05, 3.63) is 29.3 Å². The molecule has 0 spiro atoms. The number of fused-ring (bicyclic) bond motifs is 1. The fraction of sp³-hybridized carbons (Fsp3) is 0.571. The second-order valence-corrected chi connectivity index (χ2v) is 4.73. The van der Waals surface area contributed by atoms with Gasteiger partial charge in [-0.15, -0.1) is 0 Å². The molecule has 0 saturated carbocycles. The monoisotopic (exact) mass is 235 g/mol. The fourth-order valence-electron chi connectivity index (χ4n) is 2.52. The molecule has 1 atom stereocenters. The first-order valence-corrected chi connectivity index (χ1v) is 6.39. The molecule has 3 heteroatoms. The van der Waals surface area contributed by atoms with Crippen molar-refractivity contribution in [1.82, 2.24) is 0 Å². The van der Waals surface area contributed by atoms with Gasteiger partial charge in [-0.05, 0) is 24.8 Å². The summed E-state index contributed by atoms with van der Waals surface area (Å²) in [5, 5.41) is 10.6. The molecule has 0 aliphatic carbocycles. The number of aryl methyl sites for hydroxylation is 1. The van der Waals surface area contributed by atoms with E-state index >= 15 is 0 Å². The van der Waals surface area contributed by atoms with Gasteiger partial charge in [-0.2, -0.15) is 0 Å². The molecule has 1 aliphatic rings. The highest BCUT2D eigenvalue weighted by molar-refractivity contribution is 5.46. The van der Waals surface area contributed by atoms with Crippen LogP contribution in [0.5, 0.6) is 5.75 Å². The summed E-state index contributed by atoms with van der Waals surface area (Å²) in [5.74, 6) is 0.861. The molecule has 1 heterocycles. The third kappa shape index (κ3) is 2.31. The van der Waals surface area contributed by atoms with Crippen LogP contribution in [0.15, 0.2) is 18.2 Å². The molecule has 0 radical (unpaired) electrons. The third-order valence-corrected chi connectivity index (χ3v) is 3.44. The van der Waals surface area contributed by atoms with Crippen LogP contribution in [0.3, 0.4) is 0 Å². The summed E-state index contributed by atoms with van der Waals surface area (Å²) in [6.07, 6.45) is 3.64. The highest BCUT2D eigenvalue weighted by Crippen LogP contribution is 2.37. The Labute approximate surface area is 103 Å². The minimum Gasteiger partial charge on any atom is -0.493 e. The standard InChI is InChI=1S/C14H21NO2/c1-2-8-14(16,10-15)12-7-3-5-11-6-4-9-17-13(11)12/h3,5,7,16H,2,4,6,8-10,15H2,1H3. The van der Waals surface area contributed by atoms with Gasteiger partial charge in [0.15, 0.2) is 0 Å². The number of hydrogen-bond acceptors (Lipinski definition) is 3. The quantitative estimate of drug-likeness (QED) is 0.838. The van der Waals surface area contributed by atoms with Gasteiger partial charge in [-0.3, -0.25) is 0 Å². The van der Waals surface area contributed by atoms with Crippen LogP contribution in [0, 0.1) is 0 Å². The summed E-state index contributed by atoms with van der Waals surface area (Å²) in [6.45, 7) is 3.02. The molecule has 0 aromatic heterocycles. The van der Waals surface area contributed by atoms with Crippen LogP contribution >= 0.6 is 0 Å². The van der Waals surface area contributed by atoms with Crippen molar-refractivity contribution >= 4 is 0 Å². The molecular weight excluding hydrogens is 214 g/mol. The van der Waals surface area contributed by atoms with Gasteiger partial charge in [-0.25, -0.2) is 0 Å². The Morgan fingerprint density at radius 1 is 1.47 bits per heavy atom. The fourth-order valence-corrected chi connectivity index (χ4v) is 2.52. The zero-order valence-electron chi connectivity index (χ0n) is 10.4. The van der Waals surface area contributed by atoms with Crippen LogP contribution in [0.2, 0.25) is 0 Å². The largest absolute Gasteiger partial charge is 0.493 e. The number of ether oxygens (including phenoxy) is 1. The Bertz CT molecular complexity index is 392. The van der Waals surface area contributed by atoms with Crippen molar-refractivity contribution in [2.75, 3.05) is 13.2 Å². The van der Waals surface area contributed by atoms with E-state index in [0.29, 0.717) is 6.42 Å². The maximum atomic E-state index is 10.6. The second kappa shape index (κ2) is 5.07. The van der Waals surface area contributed by atoms with Gasteiger partial charge in [0.05, 0.1) is 6.61 Å². The molecule has 94 valence electrons. The summed E-state index contributed by atoms with van der Waals surface area (Å²) in [5.41, 5.74) is 6.86. The van der Waals surface area contributed by atoms with Crippen molar-refractivity contribution in [3.8, 4) is 5.75 Å². The summed E-state index contributed by atoms with van der Waals surface area (Å²) < 4.78 is 5.73. The first-order valence-electron chi connectivity index (χ1n) is 6.39. The van der Waals surface area contributed by atoms with Crippen LogP contribution in [0.25, 0.3) is 0 Å². The summed E-state index contributed by atoms with van der Waals surface area (Å²) in [7, 11) is 0. The van der Waals surface area contributed by atoms with E-state index in [1.807, 2.05) is 12.1 Å². The topological polar surface area (TPSA) is 55.5 Å². The van der Waals surface area contributed by atoms with Crippen molar-refractivity contribution in [2.45, 2.75) is 38.2 Å². The Kier molecular flexibility index (Phi) is 3.69. The average Bonchev–Trinajstić information content (AvgIpc) is 2.38. The predicted octanol–water partition coefficient (Wildman–Crippen LogP) is 1.96. The lowest BCUT2D eigenvalue weighted by atomic mass is 9.86. The summed E-state index contributed by atoms with van der Waals surface area (Å²) in [4.78, 5) is 0. The lowest BCUT2D eigenvalue weighted by Crippen LogP contribution is -2.35. The number of aliphatic hydroxyl groups is 1. The van der Waals surface area contributed by atoms with E-state index in [1.54, 1.807) is 0 Å². The van der Waals surface area contributed by atoms with E-state index in [0.717, 1.165) is 37.2 Å². The molecule has 1 aromatic carbocycles. The predicted molar refractivity (Wildman–Crippen MR) is 68.1 cm³/mol. The van der Waals surface area contributed by atoms with Crippen LogP contribution in [0.1, 0.15) is 37.3 Å². The minimum atomic E-state index is -0.947. The van der Waals surface area contributed by atoms with Crippen LogP contribution < -0.4 is 10.5 Å². The third-order valence-electron chi connectivity index (χ3n) is 3.44. The van der Waals surface area contributed by atoms with Gasteiger partial charge in [0.1, 0.15) is 11.4 Å². The molecule has 1 aliphatic heterocycles. The molecule has 1 aromatic rings. The molecule has 17 heavy (non-hydrogen) atoms. The highest BCUT2D eigenvalue weighted by Gasteiger charge is 2.31. The van der Waals surface area contributed by atoms with Gasteiger partial charge >= 0.3 is 0 Å². The van der Waals surface area contributed by atoms with Gasteiger partial charge in [0.25, 0.3) is 0 Å². The van der Waals surface area contributed by atoms with E-state index in [1.165, 1.54) is 5.56 Å². The SMILES string of the molecule is CCCC(O)(CN)c1cccc2c1OCCC2. The Morgan fingerprint density at radius 3 is 3.00 bits per heavy atom. The maximum Gasteiger partial charge on any atom is 0.128 e. The van der Waals surface area contributed by atoms with Gasteiger partial charge in [-0.1, -0.05) is 31.5 Å².